The normalized spacial score (nSPS) is 11.0. The number of aryl methyl sites for hydroxylation is 1. The largest absolute Gasteiger partial charge is 0.459 e. The van der Waals surface area contributed by atoms with Gasteiger partial charge in [0.1, 0.15) is 6.61 Å². The van der Waals surface area contributed by atoms with Crippen molar-refractivity contribution in [1.29, 1.82) is 0 Å². The van der Waals surface area contributed by atoms with Gasteiger partial charge < -0.3 is 10.1 Å². The summed E-state index contributed by atoms with van der Waals surface area (Å²) in [6.07, 6.45) is 5.80. The van der Waals surface area contributed by atoms with Crippen molar-refractivity contribution in [3.05, 3.63) is 59.4 Å². The summed E-state index contributed by atoms with van der Waals surface area (Å²) in [4.78, 5) is 8.59. The highest BCUT2D eigenvalue weighted by atomic mass is 16.5. The molecule has 0 fully saturated rings. The molecule has 1 aromatic carbocycles. The van der Waals surface area contributed by atoms with E-state index >= 15 is 0 Å². The summed E-state index contributed by atoms with van der Waals surface area (Å²) in [5.41, 5.74) is 3.20. The highest BCUT2D eigenvalue weighted by Gasteiger charge is 2.03. The predicted molar refractivity (Wildman–Crippen MR) is 85.1 cm³/mol. The number of hydrogen-bond acceptors (Lipinski definition) is 4. The Balaban J connectivity index is 1.86. The molecule has 1 heterocycles. The molecule has 0 atom stereocenters. The minimum Gasteiger partial charge on any atom is -0.459 e. The molecule has 4 heteroatoms. The van der Waals surface area contributed by atoms with Gasteiger partial charge in [0.15, 0.2) is 0 Å². The molecule has 0 aliphatic heterocycles. The summed E-state index contributed by atoms with van der Waals surface area (Å²) < 4.78 is 5.54. The molecular weight excluding hydrogens is 262 g/mol. The zero-order valence-electron chi connectivity index (χ0n) is 12.5. The Morgan fingerprint density at radius 2 is 2.05 bits per heavy atom. The average Bonchev–Trinajstić information content (AvgIpc) is 2.52. The van der Waals surface area contributed by atoms with Gasteiger partial charge in [-0.15, -0.1) is 0 Å². The smallest absolute Gasteiger partial charge is 0.316 e. The van der Waals surface area contributed by atoms with Gasteiger partial charge in [0.2, 0.25) is 0 Å². The standard InChI is InChI=1S/C17H21N3O/c1-3-18-12-16-13-19-17(20-14(16)2)21-11-7-10-15-8-5-4-6-9-15/h4-10,13,18H,3,11-12H2,1-2H3/b10-7+. The van der Waals surface area contributed by atoms with Gasteiger partial charge in [-0.3, -0.25) is 0 Å². The van der Waals surface area contributed by atoms with Gasteiger partial charge in [-0.25, -0.2) is 9.97 Å². The van der Waals surface area contributed by atoms with E-state index in [-0.39, 0.29) is 0 Å². The van der Waals surface area contributed by atoms with Gasteiger partial charge in [0, 0.05) is 24.0 Å². The van der Waals surface area contributed by atoms with Crippen LogP contribution in [0.5, 0.6) is 6.01 Å². The second-order valence-electron chi connectivity index (χ2n) is 4.67. The summed E-state index contributed by atoms with van der Waals surface area (Å²) >= 11 is 0. The lowest BCUT2D eigenvalue weighted by molar-refractivity contribution is 0.332. The maximum absolute atomic E-state index is 5.54. The van der Waals surface area contributed by atoms with Gasteiger partial charge in [-0.2, -0.15) is 0 Å². The molecule has 0 unspecified atom stereocenters. The van der Waals surface area contributed by atoms with Crippen LogP contribution in [0.4, 0.5) is 0 Å². The highest BCUT2D eigenvalue weighted by molar-refractivity contribution is 5.48. The fourth-order valence-electron chi connectivity index (χ4n) is 1.84. The number of rotatable bonds is 7. The molecule has 4 nitrogen and oxygen atoms in total. The maximum Gasteiger partial charge on any atom is 0.316 e. The first kappa shape index (κ1) is 15.2. The van der Waals surface area contributed by atoms with Crippen molar-refractivity contribution in [2.75, 3.05) is 13.2 Å². The van der Waals surface area contributed by atoms with Gasteiger partial charge in [-0.05, 0) is 25.1 Å². The minimum absolute atomic E-state index is 0.422. The Hall–Kier alpha value is -2.20. The third-order valence-electron chi connectivity index (χ3n) is 3.04. The Labute approximate surface area is 125 Å². The van der Waals surface area contributed by atoms with E-state index in [1.165, 1.54) is 0 Å². The van der Waals surface area contributed by atoms with Crippen molar-refractivity contribution in [2.24, 2.45) is 0 Å². The molecule has 21 heavy (non-hydrogen) atoms. The van der Waals surface area contributed by atoms with Crippen molar-refractivity contribution in [3.8, 4) is 6.01 Å². The molecule has 0 saturated heterocycles. The Kier molecular flexibility index (Phi) is 5.91. The molecule has 0 aliphatic carbocycles. The lowest BCUT2D eigenvalue weighted by Gasteiger charge is -2.07. The molecule has 0 aliphatic rings. The lowest BCUT2D eigenvalue weighted by atomic mass is 10.2. The van der Waals surface area contributed by atoms with Crippen LogP contribution in [0, 0.1) is 6.92 Å². The number of nitrogens with one attached hydrogen (secondary N) is 1. The van der Waals surface area contributed by atoms with Crippen LogP contribution in [0.25, 0.3) is 6.08 Å². The Morgan fingerprint density at radius 1 is 1.24 bits per heavy atom. The number of benzene rings is 1. The second-order valence-corrected chi connectivity index (χ2v) is 4.67. The Bertz CT molecular complexity index is 582. The van der Waals surface area contributed by atoms with E-state index in [0.29, 0.717) is 12.6 Å². The van der Waals surface area contributed by atoms with Crippen molar-refractivity contribution in [1.82, 2.24) is 15.3 Å². The fraction of sp³-hybridized carbons (Fsp3) is 0.294. The molecule has 0 saturated carbocycles. The van der Waals surface area contributed by atoms with Crippen molar-refractivity contribution < 1.29 is 4.74 Å². The molecule has 0 bridgehead atoms. The molecule has 2 aromatic rings. The molecule has 1 N–H and O–H groups in total. The summed E-state index contributed by atoms with van der Waals surface area (Å²) in [5, 5.41) is 3.26. The summed E-state index contributed by atoms with van der Waals surface area (Å²) in [7, 11) is 0. The zero-order chi connectivity index (χ0) is 14.9. The highest BCUT2D eigenvalue weighted by Crippen LogP contribution is 2.09. The molecule has 0 spiro atoms. The van der Waals surface area contributed by atoms with Gasteiger partial charge in [0.05, 0.1) is 0 Å². The zero-order valence-corrected chi connectivity index (χ0v) is 12.5. The van der Waals surface area contributed by atoms with Crippen LogP contribution in [0.15, 0.2) is 42.6 Å². The van der Waals surface area contributed by atoms with E-state index in [0.717, 1.165) is 29.9 Å². The van der Waals surface area contributed by atoms with E-state index in [1.807, 2.05) is 55.6 Å². The number of aromatic nitrogens is 2. The van der Waals surface area contributed by atoms with Gasteiger partial charge >= 0.3 is 6.01 Å². The van der Waals surface area contributed by atoms with Crippen LogP contribution < -0.4 is 10.1 Å². The van der Waals surface area contributed by atoms with E-state index in [2.05, 4.69) is 22.2 Å². The monoisotopic (exact) mass is 283 g/mol. The van der Waals surface area contributed by atoms with Crippen LogP contribution in [-0.2, 0) is 6.54 Å². The fourth-order valence-corrected chi connectivity index (χ4v) is 1.84. The maximum atomic E-state index is 5.54. The lowest BCUT2D eigenvalue weighted by Crippen LogP contribution is -2.14. The van der Waals surface area contributed by atoms with Crippen LogP contribution in [-0.4, -0.2) is 23.1 Å². The second kappa shape index (κ2) is 8.17. The molecule has 110 valence electrons. The topological polar surface area (TPSA) is 47.0 Å². The van der Waals surface area contributed by atoms with Gasteiger partial charge in [-0.1, -0.05) is 43.3 Å². The van der Waals surface area contributed by atoms with E-state index in [1.54, 1.807) is 0 Å². The first-order valence-electron chi connectivity index (χ1n) is 7.17. The van der Waals surface area contributed by atoms with E-state index < -0.39 is 0 Å². The van der Waals surface area contributed by atoms with Crippen molar-refractivity contribution >= 4 is 6.08 Å². The van der Waals surface area contributed by atoms with Crippen LogP contribution in [0.1, 0.15) is 23.7 Å². The summed E-state index contributed by atoms with van der Waals surface area (Å²) in [6, 6.07) is 10.5. The van der Waals surface area contributed by atoms with Crippen molar-refractivity contribution in [2.45, 2.75) is 20.4 Å². The SMILES string of the molecule is CCNCc1cnc(OC/C=C/c2ccccc2)nc1C. The van der Waals surface area contributed by atoms with Gasteiger partial charge in [0.25, 0.3) is 0 Å². The van der Waals surface area contributed by atoms with Crippen LogP contribution in [0.3, 0.4) is 0 Å². The van der Waals surface area contributed by atoms with E-state index in [4.69, 9.17) is 4.74 Å². The average molecular weight is 283 g/mol. The van der Waals surface area contributed by atoms with Crippen LogP contribution in [0.2, 0.25) is 0 Å². The first-order chi connectivity index (χ1) is 10.3. The number of ether oxygens (including phenoxy) is 1. The van der Waals surface area contributed by atoms with Crippen LogP contribution >= 0.6 is 0 Å². The van der Waals surface area contributed by atoms with E-state index in [9.17, 15) is 0 Å². The quantitative estimate of drug-likeness (QED) is 0.848. The van der Waals surface area contributed by atoms with Crippen molar-refractivity contribution in [3.63, 3.8) is 0 Å². The number of nitrogens with zero attached hydrogens (tertiary/aromatic N) is 2. The minimum atomic E-state index is 0.422. The summed E-state index contributed by atoms with van der Waals surface area (Å²) in [6.45, 7) is 6.23. The first-order valence-corrected chi connectivity index (χ1v) is 7.17. The molecule has 0 radical (unpaired) electrons. The Morgan fingerprint density at radius 3 is 2.76 bits per heavy atom. The third kappa shape index (κ3) is 5.00. The number of hydrogen-bond donors (Lipinski definition) is 1. The molecule has 2 rings (SSSR count). The molecule has 1 aromatic heterocycles. The summed E-state index contributed by atoms with van der Waals surface area (Å²) in [5.74, 6) is 0. The predicted octanol–water partition coefficient (Wildman–Crippen LogP) is 2.99. The molecule has 0 amide bonds. The molecular formula is C17H21N3O. The third-order valence-corrected chi connectivity index (χ3v) is 3.04.